The zero-order valence-corrected chi connectivity index (χ0v) is 31.6. The van der Waals surface area contributed by atoms with Gasteiger partial charge in [0.1, 0.15) is 12.1 Å². The summed E-state index contributed by atoms with van der Waals surface area (Å²) in [6.07, 6.45) is 7.00. The van der Waals surface area contributed by atoms with Crippen molar-refractivity contribution in [2.45, 2.75) is 110 Å². The van der Waals surface area contributed by atoms with Gasteiger partial charge in [0.2, 0.25) is 29.4 Å². The van der Waals surface area contributed by atoms with Crippen LogP contribution >= 0.6 is 0 Å². The van der Waals surface area contributed by atoms with Crippen molar-refractivity contribution in [3.63, 3.8) is 0 Å². The van der Waals surface area contributed by atoms with Crippen molar-refractivity contribution in [1.82, 2.24) is 31.1 Å². The quantitative estimate of drug-likeness (QED) is 0.181. The first kappa shape index (κ1) is 40.0. The van der Waals surface area contributed by atoms with E-state index < -0.39 is 48.2 Å². The van der Waals surface area contributed by atoms with Crippen LogP contribution in [0.1, 0.15) is 97.6 Å². The summed E-state index contributed by atoms with van der Waals surface area (Å²) in [6.45, 7) is 11.1. The molecule has 0 aromatic heterocycles. The normalized spacial score (nSPS) is 22.7. The van der Waals surface area contributed by atoms with E-state index in [1.165, 1.54) is 11.3 Å². The van der Waals surface area contributed by atoms with Crippen LogP contribution in [0.3, 0.4) is 0 Å². The van der Waals surface area contributed by atoms with Gasteiger partial charge in [0.25, 0.3) is 5.91 Å². The molecule has 1 aromatic rings. The van der Waals surface area contributed by atoms with Crippen LogP contribution in [-0.2, 0) is 28.8 Å². The predicted molar refractivity (Wildman–Crippen MR) is 195 cm³/mol. The molecule has 0 radical (unpaired) electrons. The van der Waals surface area contributed by atoms with E-state index in [-0.39, 0.29) is 47.4 Å². The number of nitrogens with zero attached hydrogens (tertiary/aromatic N) is 2. The minimum atomic E-state index is -1.12. The van der Waals surface area contributed by atoms with E-state index in [9.17, 15) is 28.8 Å². The Bertz CT molecular complexity index is 1410. The molecule has 1 saturated heterocycles. The maximum absolute atomic E-state index is 14.4. The lowest BCUT2D eigenvalue weighted by Crippen LogP contribution is -2.59. The number of Topliss-reactive ketones (excluding diaryl/α,β-unsaturated/α-hetero) is 1. The Balaban J connectivity index is 1.43. The summed E-state index contributed by atoms with van der Waals surface area (Å²) in [7, 11) is 3.16. The van der Waals surface area contributed by atoms with Crippen molar-refractivity contribution >= 4 is 35.3 Å². The molecule has 12 heteroatoms. The van der Waals surface area contributed by atoms with Crippen LogP contribution in [0.5, 0.6) is 0 Å². The van der Waals surface area contributed by atoms with Crippen molar-refractivity contribution < 1.29 is 28.8 Å². The fraction of sp³-hybridized carbons (Fsp3) is 0.692. The fourth-order valence-electron chi connectivity index (χ4n) is 8.07. The Hall–Kier alpha value is -3.80. The highest BCUT2D eigenvalue weighted by Crippen LogP contribution is 2.65. The van der Waals surface area contributed by atoms with Crippen LogP contribution in [0.4, 0.5) is 0 Å². The number of likely N-dealkylation sites (N-methyl/N-ethyl adjacent to an activating group) is 1. The molecule has 2 saturated carbocycles. The van der Waals surface area contributed by atoms with E-state index in [0.29, 0.717) is 24.4 Å². The van der Waals surface area contributed by atoms with Gasteiger partial charge in [-0.2, -0.15) is 0 Å². The van der Waals surface area contributed by atoms with E-state index in [2.05, 4.69) is 49.0 Å². The number of likely N-dealkylation sites (tertiary alicyclic amines) is 1. The molecule has 1 aromatic carbocycles. The highest BCUT2D eigenvalue weighted by molar-refractivity contribution is 6.38. The van der Waals surface area contributed by atoms with Crippen molar-refractivity contribution in [1.29, 1.82) is 0 Å². The predicted octanol–water partition coefficient (Wildman–Crippen LogP) is 2.97. The van der Waals surface area contributed by atoms with Crippen LogP contribution in [0, 0.1) is 29.1 Å². The second-order valence-electron chi connectivity index (χ2n) is 15.9. The van der Waals surface area contributed by atoms with Crippen molar-refractivity contribution in [3.05, 3.63) is 35.9 Å². The third-order valence-corrected chi connectivity index (χ3v) is 11.2. The average Bonchev–Trinajstić information content (AvgIpc) is 3.40. The van der Waals surface area contributed by atoms with Crippen LogP contribution < -0.4 is 21.3 Å². The fourth-order valence-corrected chi connectivity index (χ4v) is 8.07. The molecule has 4 N–H and O–H groups in total. The number of benzene rings is 1. The van der Waals surface area contributed by atoms with Gasteiger partial charge in [0.05, 0.1) is 18.6 Å². The first-order valence-corrected chi connectivity index (χ1v) is 18.9. The third kappa shape index (κ3) is 9.75. The number of carbonyl (C=O) groups is 6. The van der Waals surface area contributed by atoms with E-state index in [1.54, 1.807) is 49.3 Å². The van der Waals surface area contributed by atoms with Gasteiger partial charge in [-0.15, -0.1) is 0 Å². The number of nitrogens with one attached hydrogen (secondary N) is 4. The Labute approximate surface area is 303 Å². The first-order valence-electron chi connectivity index (χ1n) is 18.9. The molecule has 1 heterocycles. The van der Waals surface area contributed by atoms with Crippen LogP contribution in [0.25, 0.3) is 0 Å². The van der Waals surface area contributed by atoms with Crippen LogP contribution in [0.15, 0.2) is 30.3 Å². The summed E-state index contributed by atoms with van der Waals surface area (Å²) in [5.74, 6) is -2.47. The summed E-state index contributed by atoms with van der Waals surface area (Å²) in [6, 6.07) is 5.56. The topological polar surface area (TPSA) is 157 Å². The molecule has 3 aliphatic rings. The number of amides is 5. The van der Waals surface area contributed by atoms with Gasteiger partial charge in [-0.05, 0) is 66.9 Å². The van der Waals surface area contributed by atoms with E-state index in [0.717, 1.165) is 38.6 Å². The van der Waals surface area contributed by atoms with Crippen molar-refractivity contribution in [2.24, 2.45) is 29.1 Å². The molecule has 4 rings (SSSR count). The molecule has 6 atom stereocenters. The highest BCUT2D eigenvalue weighted by Gasteiger charge is 2.69. The summed E-state index contributed by atoms with van der Waals surface area (Å²) in [5.41, 5.74) is 0.458. The van der Waals surface area contributed by atoms with Gasteiger partial charge in [0, 0.05) is 20.6 Å². The van der Waals surface area contributed by atoms with E-state index in [1.807, 2.05) is 6.92 Å². The second kappa shape index (κ2) is 17.6. The van der Waals surface area contributed by atoms with Gasteiger partial charge < -0.3 is 31.1 Å². The summed E-state index contributed by atoms with van der Waals surface area (Å²) < 4.78 is 0. The Morgan fingerprint density at radius 1 is 0.941 bits per heavy atom. The second-order valence-corrected chi connectivity index (χ2v) is 15.9. The van der Waals surface area contributed by atoms with E-state index >= 15 is 0 Å². The van der Waals surface area contributed by atoms with Crippen molar-refractivity contribution in [2.75, 3.05) is 33.7 Å². The number of carbonyl (C=O) groups excluding carboxylic acids is 6. The monoisotopic (exact) mass is 708 g/mol. The van der Waals surface area contributed by atoms with Gasteiger partial charge in [-0.3, -0.25) is 28.8 Å². The number of hydrogen-bond donors (Lipinski definition) is 4. The zero-order valence-electron chi connectivity index (χ0n) is 31.6. The minimum Gasteiger partial charge on any atom is -0.347 e. The number of piperidine rings is 1. The average molecular weight is 709 g/mol. The molecular formula is C39H60N6O6. The molecule has 0 spiro atoms. The lowest BCUT2D eigenvalue weighted by molar-refractivity contribution is -0.145. The number of fused-ring (bicyclic) bond motifs is 1. The molecule has 3 fully saturated rings. The largest absolute Gasteiger partial charge is 0.347 e. The van der Waals surface area contributed by atoms with Gasteiger partial charge in [-0.1, -0.05) is 90.6 Å². The third-order valence-electron chi connectivity index (χ3n) is 11.2. The molecule has 5 amide bonds. The summed E-state index contributed by atoms with van der Waals surface area (Å²) in [5, 5.41) is 11.4. The summed E-state index contributed by atoms with van der Waals surface area (Å²) in [4.78, 5) is 83.8. The van der Waals surface area contributed by atoms with Gasteiger partial charge in [-0.25, -0.2) is 0 Å². The molecule has 12 nitrogen and oxygen atoms in total. The molecule has 51 heavy (non-hydrogen) atoms. The molecular weight excluding hydrogens is 648 g/mol. The zero-order chi connectivity index (χ0) is 37.5. The van der Waals surface area contributed by atoms with Crippen molar-refractivity contribution in [3.8, 4) is 0 Å². The maximum atomic E-state index is 14.4. The molecule has 282 valence electrons. The smallest absolute Gasteiger partial charge is 0.290 e. The molecule has 1 aliphatic heterocycles. The van der Waals surface area contributed by atoms with Crippen LogP contribution in [-0.4, -0.2) is 97.0 Å². The molecule has 2 unspecified atom stereocenters. The SMILES string of the molecule is CCCC(NC(=O)C1[C@@H]2[C@H](CN1C(=O)[C@@H](NCCC(C)C)C1CCCCC1)C2(C)C)C(=O)C(=O)NCC(=O)N[C@H](C(=O)N(C)C)c1ccccc1. The molecule has 0 bridgehead atoms. The lowest BCUT2D eigenvalue weighted by atomic mass is 9.83. The lowest BCUT2D eigenvalue weighted by Gasteiger charge is -2.37. The Morgan fingerprint density at radius 2 is 1.61 bits per heavy atom. The number of rotatable bonds is 17. The summed E-state index contributed by atoms with van der Waals surface area (Å²) >= 11 is 0. The standard InChI is InChI=1S/C39H60N6O6/c1-8-15-28(34(47)36(49)41-22-29(46)43-32(37(50)44(6)7)26-18-13-10-14-19-26)42-35(48)33-30-27(39(30,4)5)23-45(33)38(51)31(40-21-20-24(2)3)25-16-11-9-12-17-25/h10,13-14,18-19,24-25,27-28,30-33,40H,8-9,11-12,15-17,20-23H2,1-7H3,(H,41,49)(H,42,48)(H,43,46)/t27-,28?,30-,31-,32-,33?/m0/s1. The van der Waals surface area contributed by atoms with Gasteiger partial charge in [0.15, 0.2) is 0 Å². The number of hydrogen-bond acceptors (Lipinski definition) is 7. The Morgan fingerprint density at radius 3 is 2.22 bits per heavy atom. The van der Waals surface area contributed by atoms with E-state index in [4.69, 9.17) is 0 Å². The van der Waals surface area contributed by atoms with Crippen LogP contribution in [0.2, 0.25) is 0 Å². The number of ketones is 1. The first-order chi connectivity index (χ1) is 24.2. The minimum absolute atomic E-state index is 0.0403. The van der Waals surface area contributed by atoms with Gasteiger partial charge >= 0.3 is 0 Å². The Kier molecular flexibility index (Phi) is 13.8. The maximum Gasteiger partial charge on any atom is 0.290 e. The molecule has 2 aliphatic carbocycles. The highest BCUT2D eigenvalue weighted by atomic mass is 16.2.